The highest BCUT2D eigenvalue weighted by Crippen LogP contribution is 2.52. The fourth-order valence-corrected chi connectivity index (χ4v) is 9.87. The van der Waals surface area contributed by atoms with Crippen molar-refractivity contribution in [1.29, 1.82) is 0 Å². The van der Waals surface area contributed by atoms with Gasteiger partial charge in [0, 0.05) is 58.7 Å². The summed E-state index contributed by atoms with van der Waals surface area (Å²) in [6.45, 7) is 4.63. The van der Waals surface area contributed by atoms with E-state index < -0.39 is 0 Å². The van der Waals surface area contributed by atoms with Crippen LogP contribution < -0.4 is 0 Å². The maximum Gasteiger partial charge on any atom is 0.164 e. The summed E-state index contributed by atoms with van der Waals surface area (Å²) in [6, 6.07) is 56.3. The molecule has 0 aliphatic heterocycles. The highest BCUT2D eigenvalue weighted by atomic mass is 32.1. The minimum atomic E-state index is -0.208. The highest BCUT2D eigenvalue weighted by Gasteiger charge is 2.38. The van der Waals surface area contributed by atoms with E-state index in [4.69, 9.17) is 15.0 Å². The second-order valence-electron chi connectivity index (χ2n) is 14.4. The van der Waals surface area contributed by atoms with Crippen LogP contribution >= 0.6 is 11.3 Å². The maximum atomic E-state index is 5.35. The molecular weight excluding hydrogens is 665 g/mol. The number of thiophene rings is 1. The minimum Gasteiger partial charge on any atom is -0.309 e. The number of benzene rings is 7. The lowest BCUT2D eigenvalue weighted by Gasteiger charge is -2.24. The quantitative estimate of drug-likeness (QED) is 0.184. The lowest BCUT2D eigenvalue weighted by molar-refractivity contribution is 0.661. The van der Waals surface area contributed by atoms with E-state index in [1.54, 1.807) is 0 Å². The lowest BCUT2D eigenvalue weighted by Crippen LogP contribution is -2.17. The second kappa shape index (κ2) is 11.3. The Morgan fingerprint density at radius 3 is 1.87 bits per heavy atom. The molecule has 5 heteroatoms. The smallest absolute Gasteiger partial charge is 0.164 e. The van der Waals surface area contributed by atoms with Crippen molar-refractivity contribution < 1.29 is 0 Å². The van der Waals surface area contributed by atoms with Crippen LogP contribution in [-0.2, 0) is 5.41 Å². The molecule has 10 aromatic rings. The van der Waals surface area contributed by atoms with Crippen molar-refractivity contribution in [2.24, 2.45) is 0 Å². The third-order valence-electron chi connectivity index (χ3n) is 11.0. The standard InChI is InChI=1S/C48H32N4S/c1-48(2)38-22-9-6-16-31(38)34-19-12-21-37(44(34)48)47-50-45(29-14-4-3-5-15-29)49-46(51-47)36-20-13-25-41-43(36)35-27-26-30(28-42(35)53-41)52-39-23-10-7-17-32(39)33-18-8-11-24-40(33)52/h3-28H,1-2H3. The van der Waals surface area contributed by atoms with Gasteiger partial charge in [0.1, 0.15) is 0 Å². The van der Waals surface area contributed by atoms with Crippen molar-refractivity contribution in [3.05, 3.63) is 169 Å². The van der Waals surface area contributed by atoms with Crippen LogP contribution in [0.5, 0.6) is 0 Å². The van der Waals surface area contributed by atoms with Gasteiger partial charge in [-0.15, -0.1) is 11.3 Å². The van der Waals surface area contributed by atoms with E-state index in [0.29, 0.717) is 17.5 Å². The Kier molecular flexibility index (Phi) is 6.43. The van der Waals surface area contributed by atoms with Gasteiger partial charge in [0.2, 0.25) is 0 Å². The van der Waals surface area contributed by atoms with Crippen molar-refractivity contribution in [2.45, 2.75) is 19.3 Å². The van der Waals surface area contributed by atoms with Crippen LogP contribution in [0.2, 0.25) is 0 Å². The Morgan fingerprint density at radius 2 is 1.08 bits per heavy atom. The molecule has 0 atom stereocenters. The van der Waals surface area contributed by atoms with Crippen LogP contribution in [0.3, 0.4) is 0 Å². The molecule has 7 aromatic carbocycles. The molecule has 0 amide bonds. The molecule has 0 bridgehead atoms. The van der Waals surface area contributed by atoms with Gasteiger partial charge in [-0.25, -0.2) is 15.0 Å². The number of hydrogen-bond acceptors (Lipinski definition) is 4. The Morgan fingerprint density at radius 1 is 0.472 bits per heavy atom. The van der Waals surface area contributed by atoms with Gasteiger partial charge in [0.05, 0.1) is 11.0 Å². The van der Waals surface area contributed by atoms with Crippen molar-refractivity contribution in [1.82, 2.24) is 19.5 Å². The zero-order valence-electron chi connectivity index (χ0n) is 29.2. The van der Waals surface area contributed by atoms with Crippen LogP contribution in [0, 0.1) is 0 Å². The molecule has 3 aromatic heterocycles. The Bertz CT molecular complexity index is 3040. The zero-order chi connectivity index (χ0) is 35.3. The maximum absolute atomic E-state index is 5.35. The van der Waals surface area contributed by atoms with E-state index in [1.807, 2.05) is 29.5 Å². The molecule has 250 valence electrons. The molecule has 0 saturated carbocycles. The van der Waals surface area contributed by atoms with Gasteiger partial charge in [-0.1, -0.05) is 141 Å². The monoisotopic (exact) mass is 696 g/mol. The molecule has 4 nitrogen and oxygen atoms in total. The second-order valence-corrected chi connectivity index (χ2v) is 15.5. The number of nitrogens with zero attached hydrogens (tertiary/aromatic N) is 4. The summed E-state index contributed by atoms with van der Waals surface area (Å²) in [5, 5.41) is 4.89. The third-order valence-corrected chi connectivity index (χ3v) is 12.2. The molecule has 1 aliphatic carbocycles. The number of aromatic nitrogens is 4. The van der Waals surface area contributed by atoms with Crippen molar-refractivity contribution in [3.8, 4) is 51.0 Å². The molecule has 53 heavy (non-hydrogen) atoms. The van der Waals surface area contributed by atoms with Crippen molar-refractivity contribution in [3.63, 3.8) is 0 Å². The first kappa shape index (κ1) is 30.2. The summed E-state index contributed by atoms with van der Waals surface area (Å²) in [4.78, 5) is 15.8. The predicted molar refractivity (Wildman–Crippen MR) is 221 cm³/mol. The van der Waals surface area contributed by atoms with Gasteiger partial charge >= 0.3 is 0 Å². The Balaban J connectivity index is 1.13. The number of fused-ring (bicyclic) bond motifs is 9. The van der Waals surface area contributed by atoms with Crippen LogP contribution in [0.15, 0.2) is 158 Å². The van der Waals surface area contributed by atoms with E-state index in [1.165, 1.54) is 64.2 Å². The van der Waals surface area contributed by atoms with E-state index >= 15 is 0 Å². The van der Waals surface area contributed by atoms with E-state index in [-0.39, 0.29) is 5.41 Å². The molecule has 0 fully saturated rings. The fourth-order valence-electron chi connectivity index (χ4n) is 8.71. The van der Waals surface area contributed by atoms with Crippen LogP contribution in [0.25, 0.3) is 93.0 Å². The summed E-state index contributed by atoms with van der Waals surface area (Å²) in [6.07, 6.45) is 0. The average molecular weight is 697 g/mol. The summed E-state index contributed by atoms with van der Waals surface area (Å²) in [5.41, 5.74) is 11.5. The van der Waals surface area contributed by atoms with Gasteiger partial charge in [0.15, 0.2) is 17.5 Å². The molecule has 0 unspecified atom stereocenters. The Hall–Kier alpha value is -6.43. The van der Waals surface area contributed by atoms with Gasteiger partial charge < -0.3 is 4.57 Å². The minimum absolute atomic E-state index is 0.208. The SMILES string of the molecule is CC1(C)c2ccccc2-c2cccc(-c3nc(-c4ccccc4)nc(-c4cccc5sc6cc(-n7c8ccccc8c8ccccc87)ccc6c45)n3)c21. The molecule has 0 saturated heterocycles. The van der Waals surface area contributed by atoms with E-state index in [9.17, 15) is 0 Å². The largest absolute Gasteiger partial charge is 0.309 e. The van der Waals surface area contributed by atoms with Crippen LogP contribution in [0.1, 0.15) is 25.0 Å². The van der Waals surface area contributed by atoms with Gasteiger partial charge in [-0.3, -0.25) is 0 Å². The first-order valence-corrected chi connectivity index (χ1v) is 18.9. The molecule has 0 radical (unpaired) electrons. The highest BCUT2D eigenvalue weighted by molar-refractivity contribution is 7.26. The van der Waals surface area contributed by atoms with Crippen LogP contribution in [-0.4, -0.2) is 19.5 Å². The van der Waals surface area contributed by atoms with Crippen molar-refractivity contribution >= 4 is 53.3 Å². The first-order chi connectivity index (χ1) is 26.0. The summed E-state index contributed by atoms with van der Waals surface area (Å²) in [7, 11) is 0. The first-order valence-electron chi connectivity index (χ1n) is 18.0. The fraction of sp³-hybridized carbons (Fsp3) is 0.0625. The summed E-state index contributed by atoms with van der Waals surface area (Å²) >= 11 is 1.82. The van der Waals surface area contributed by atoms with Gasteiger partial charge in [0.25, 0.3) is 0 Å². The molecule has 0 spiro atoms. The number of rotatable bonds is 4. The van der Waals surface area contributed by atoms with E-state index in [2.05, 4.69) is 158 Å². The van der Waals surface area contributed by atoms with Gasteiger partial charge in [-0.2, -0.15) is 0 Å². The lowest BCUT2D eigenvalue weighted by atomic mass is 9.80. The molecule has 0 N–H and O–H groups in total. The van der Waals surface area contributed by atoms with Crippen LogP contribution in [0.4, 0.5) is 0 Å². The average Bonchev–Trinajstić information content (AvgIpc) is 3.83. The molecule has 1 aliphatic rings. The molecule has 3 heterocycles. The summed E-state index contributed by atoms with van der Waals surface area (Å²) in [5.74, 6) is 2.04. The zero-order valence-corrected chi connectivity index (χ0v) is 30.0. The normalized spacial score (nSPS) is 13.2. The third kappa shape index (κ3) is 4.44. The Labute approximate surface area is 310 Å². The molecule has 11 rings (SSSR count). The number of hydrogen-bond donors (Lipinski definition) is 0. The summed E-state index contributed by atoms with van der Waals surface area (Å²) < 4.78 is 4.82. The molecular formula is C48H32N4S. The number of para-hydroxylation sites is 2. The topological polar surface area (TPSA) is 43.6 Å². The van der Waals surface area contributed by atoms with Gasteiger partial charge in [-0.05, 0) is 52.6 Å². The predicted octanol–water partition coefficient (Wildman–Crippen LogP) is 12.6. The van der Waals surface area contributed by atoms with E-state index in [0.717, 1.165) is 22.4 Å². The van der Waals surface area contributed by atoms with Crippen molar-refractivity contribution in [2.75, 3.05) is 0 Å².